The van der Waals surface area contributed by atoms with Crippen molar-refractivity contribution < 1.29 is 9.53 Å². The maximum atomic E-state index is 12.7. The van der Waals surface area contributed by atoms with Crippen LogP contribution in [0.3, 0.4) is 0 Å². The Morgan fingerprint density at radius 2 is 1.89 bits per heavy atom. The molecule has 6 heteroatoms. The maximum Gasteiger partial charge on any atom is 0.322 e. The maximum absolute atomic E-state index is 12.7. The number of nitrogens with one attached hydrogen (secondary N) is 1. The van der Waals surface area contributed by atoms with Gasteiger partial charge in [-0.25, -0.2) is 4.79 Å². The van der Waals surface area contributed by atoms with Crippen LogP contribution in [0.2, 0.25) is 0 Å². The fourth-order valence-corrected chi connectivity index (χ4v) is 3.47. The third-order valence-corrected chi connectivity index (χ3v) is 5.03. The van der Waals surface area contributed by atoms with Crippen molar-refractivity contribution >= 4 is 11.7 Å². The van der Waals surface area contributed by atoms with Crippen LogP contribution >= 0.6 is 0 Å². The minimum absolute atomic E-state index is 0.0896. The number of amides is 2. The molecule has 1 N–H and O–H groups in total. The van der Waals surface area contributed by atoms with Gasteiger partial charge in [0.2, 0.25) is 0 Å². The van der Waals surface area contributed by atoms with Crippen molar-refractivity contribution in [1.29, 1.82) is 0 Å². The quantitative estimate of drug-likeness (QED) is 0.751. The summed E-state index contributed by atoms with van der Waals surface area (Å²) in [5.74, 6) is 0.812. The topological polar surface area (TPSA) is 59.4 Å². The molecule has 3 aromatic rings. The molecule has 0 unspecified atom stereocenters. The Morgan fingerprint density at radius 3 is 2.64 bits per heavy atom. The van der Waals surface area contributed by atoms with E-state index in [1.807, 2.05) is 78.2 Å². The van der Waals surface area contributed by atoms with Crippen LogP contribution in [0.4, 0.5) is 10.5 Å². The van der Waals surface area contributed by atoms with E-state index in [0.717, 1.165) is 29.1 Å². The van der Waals surface area contributed by atoms with Gasteiger partial charge in [0.15, 0.2) is 0 Å². The van der Waals surface area contributed by atoms with Crippen LogP contribution in [-0.2, 0) is 26.6 Å². The number of anilines is 1. The van der Waals surface area contributed by atoms with Crippen LogP contribution in [0.1, 0.15) is 22.5 Å². The fourth-order valence-electron chi connectivity index (χ4n) is 3.47. The summed E-state index contributed by atoms with van der Waals surface area (Å²) in [6.45, 7) is 3.62. The molecule has 28 heavy (non-hydrogen) atoms. The summed E-state index contributed by atoms with van der Waals surface area (Å²) >= 11 is 0. The van der Waals surface area contributed by atoms with Crippen LogP contribution in [0.5, 0.6) is 5.75 Å². The van der Waals surface area contributed by atoms with E-state index in [2.05, 4.69) is 10.4 Å². The first kappa shape index (κ1) is 18.1. The molecule has 4 rings (SSSR count). The van der Waals surface area contributed by atoms with Crippen molar-refractivity contribution in [3.8, 4) is 5.75 Å². The van der Waals surface area contributed by atoms with Crippen molar-refractivity contribution in [2.45, 2.75) is 26.5 Å². The summed E-state index contributed by atoms with van der Waals surface area (Å²) in [6.07, 6.45) is 0.783. The lowest BCUT2D eigenvalue weighted by Crippen LogP contribution is -2.39. The lowest BCUT2D eigenvalue weighted by atomic mass is 10.1. The second-order valence-corrected chi connectivity index (χ2v) is 7.07. The third kappa shape index (κ3) is 3.86. The number of benzene rings is 2. The molecule has 1 aliphatic rings. The van der Waals surface area contributed by atoms with Gasteiger partial charge in [-0.2, -0.15) is 5.10 Å². The Bertz CT molecular complexity index is 964. The number of fused-ring (bicyclic) bond motifs is 1. The van der Waals surface area contributed by atoms with E-state index in [0.29, 0.717) is 19.7 Å². The van der Waals surface area contributed by atoms with Crippen LogP contribution < -0.4 is 10.1 Å². The lowest BCUT2D eigenvalue weighted by molar-refractivity contribution is 0.205. The van der Waals surface area contributed by atoms with Crippen LogP contribution in [0.25, 0.3) is 0 Å². The van der Waals surface area contributed by atoms with Gasteiger partial charge in [0.05, 0.1) is 6.54 Å². The van der Waals surface area contributed by atoms with Gasteiger partial charge >= 0.3 is 6.03 Å². The molecule has 2 amide bonds. The number of aryl methyl sites for hydroxylation is 2. The molecule has 0 atom stereocenters. The summed E-state index contributed by atoms with van der Waals surface area (Å²) in [5, 5.41) is 7.61. The summed E-state index contributed by atoms with van der Waals surface area (Å²) in [7, 11) is 1.95. The van der Waals surface area contributed by atoms with Crippen molar-refractivity contribution in [3.63, 3.8) is 0 Å². The first-order valence-electron chi connectivity index (χ1n) is 9.44. The molecular weight excluding hydrogens is 352 g/mol. The number of urea groups is 1. The Labute approximate surface area is 164 Å². The lowest BCUT2D eigenvalue weighted by Gasteiger charge is -2.28. The van der Waals surface area contributed by atoms with Crippen molar-refractivity contribution in [2.24, 2.45) is 7.05 Å². The minimum Gasteiger partial charge on any atom is -0.487 e. The molecule has 0 saturated heterocycles. The highest BCUT2D eigenvalue weighted by Crippen LogP contribution is 2.24. The van der Waals surface area contributed by atoms with Gasteiger partial charge in [-0.3, -0.25) is 4.68 Å². The van der Waals surface area contributed by atoms with Gasteiger partial charge < -0.3 is 15.0 Å². The number of para-hydroxylation sites is 1. The zero-order valence-corrected chi connectivity index (χ0v) is 16.2. The van der Waals surface area contributed by atoms with E-state index in [1.54, 1.807) is 0 Å². The molecule has 0 saturated carbocycles. The Morgan fingerprint density at radius 1 is 1.14 bits per heavy atom. The average Bonchev–Trinajstić information content (AvgIpc) is 3.04. The first-order chi connectivity index (χ1) is 13.6. The van der Waals surface area contributed by atoms with E-state index in [4.69, 9.17) is 4.74 Å². The Balaban J connectivity index is 1.46. The van der Waals surface area contributed by atoms with E-state index in [9.17, 15) is 4.79 Å². The van der Waals surface area contributed by atoms with Gasteiger partial charge in [0.1, 0.15) is 18.1 Å². The first-order valence-corrected chi connectivity index (χ1v) is 9.44. The van der Waals surface area contributed by atoms with Gasteiger partial charge in [-0.1, -0.05) is 35.9 Å². The molecule has 6 nitrogen and oxygen atoms in total. The summed E-state index contributed by atoms with van der Waals surface area (Å²) < 4.78 is 7.79. The van der Waals surface area contributed by atoms with E-state index < -0.39 is 0 Å². The zero-order valence-electron chi connectivity index (χ0n) is 16.2. The molecule has 2 aromatic carbocycles. The van der Waals surface area contributed by atoms with Crippen molar-refractivity contribution in [2.75, 3.05) is 11.9 Å². The highest BCUT2D eigenvalue weighted by Gasteiger charge is 2.27. The highest BCUT2D eigenvalue weighted by molar-refractivity contribution is 5.89. The number of rotatable bonds is 4. The normalized spacial score (nSPS) is 13.1. The molecule has 0 aliphatic carbocycles. The van der Waals surface area contributed by atoms with Crippen molar-refractivity contribution in [1.82, 2.24) is 14.7 Å². The van der Waals surface area contributed by atoms with E-state index in [-0.39, 0.29) is 6.03 Å². The molecule has 1 aliphatic heterocycles. The SMILES string of the molecule is Cc1ccc(NC(=O)N2CCc3c(c(COc4ccccc4)nn3C)C2)cc1. The minimum atomic E-state index is -0.0896. The highest BCUT2D eigenvalue weighted by atomic mass is 16.5. The van der Waals surface area contributed by atoms with Crippen LogP contribution in [0.15, 0.2) is 54.6 Å². The molecule has 0 fully saturated rings. The van der Waals surface area contributed by atoms with Gasteiger partial charge in [0, 0.05) is 37.0 Å². The zero-order chi connectivity index (χ0) is 19.5. The fraction of sp³-hybridized carbons (Fsp3) is 0.273. The Kier molecular flexibility index (Phi) is 5.02. The van der Waals surface area contributed by atoms with Crippen LogP contribution in [-0.4, -0.2) is 27.3 Å². The number of aromatic nitrogens is 2. The van der Waals surface area contributed by atoms with Gasteiger partial charge in [-0.05, 0) is 31.2 Å². The number of carbonyl (C=O) groups excluding carboxylic acids is 1. The second kappa shape index (κ2) is 7.76. The molecule has 0 spiro atoms. The molecule has 0 bridgehead atoms. The smallest absolute Gasteiger partial charge is 0.322 e. The predicted molar refractivity (Wildman–Crippen MR) is 108 cm³/mol. The van der Waals surface area contributed by atoms with E-state index >= 15 is 0 Å². The molecule has 1 aromatic heterocycles. The van der Waals surface area contributed by atoms with Crippen molar-refractivity contribution in [3.05, 3.63) is 77.1 Å². The average molecular weight is 376 g/mol. The largest absolute Gasteiger partial charge is 0.487 e. The molecular formula is C22H24N4O2. The number of nitrogens with zero attached hydrogens (tertiary/aromatic N) is 3. The van der Waals surface area contributed by atoms with Gasteiger partial charge in [-0.15, -0.1) is 0 Å². The number of hydrogen-bond acceptors (Lipinski definition) is 3. The monoisotopic (exact) mass is 376 g/mol. The summed E-state index contributed by atoms with van der Waals surface area (Å²) in [5.41, 5.74) is 5.11. The molecule has 2 heterocycles. The number of hydrogen-bond donors (Lipinski definition) is 1. The van der Waals surface area contributed by atoms with E-state index in [1.165, 1.54) is 11.3 Å². The summed E-state index contributed by atoms with van der Waals surface area (Å²) in [6, 6.07) is 17.4. The standard InChI is InChI=1S/C22H24N4O2/c1-16-8-10-17(11-9-16)23-22(27)26-13-12-21-19(14-26)20(24-25(21)2)15-28-18-6-4-3-5-7-18/h3-11H,12-15H2,1-2H3,(H,23,27). The number of carbonyl (C=O) groups is 1. The molecule has 144 valence electrons. The predicted octanol–water partition coefficient (Wildman–Crippen LogP) is 3.90. The third-order valence-electron chi connectivity index (χ3n) is 5.03. The second-order valence-electron chi connectivity index (χ2n) is 7.07. The van der Waals surface area contributed by atoms with Crippen LogP contribution in [0, 0.1) is 6.92 Å². The van der Waals surface area contributed by atoms with Gasteiger partial charge in [0.25, 0.3) is 0 Å². The summed E-state index contributed by atoms with van der Waals surface area (Å²) in [4.78, 5) is 14.5. The Hall–Kier alpha value is -3.28. The molecule has 0 radical (unpaired) electrons. The number of ether oxygens (including phenoxy) is 1.